The molecule has 154 valence electrons. The van der Waals surface area contributed by atoms with Crippen LogP contribution in [0.5, 0.6) is 0 Å². The number of benzene rings is 1. The molecular weight excluding hydrogens is 394 g/mol. The summed E-state index contributed by atoms with van der Waals surface area (Å²) in [7, 11) is 0. The van der Waals surface area contributed by atoms with E-state index in [-0.39, 0.29) is 18.5 Å². The number of imide groups is 1. The lowest BCUT2D eigenvalue weighted by Crippen LogP contribution is -2.34. The zero-order valence-electron chi connectivity index (χ0n) is 15.6. The Hall–Kier alpha value is -3.52. The van der Waals surface area contributed by atoms with Gasteiger partial charge >= 0.3 is 5.69 Å². The Bertz CT molecular complexity index is 1170. The maximum atomic E-state index is 12.3. The molecule has 2 aromatic rings. The van der Waals surface area contributed by atoms with Gasteiger partial charge in [-0.25, -0.2) is 4.79 Å². The summed E-state index contributed by atoms with van der Waals surface area (Å²) in [5.74, 6) is 4.25. The van der Waals surface area contributed by atoms with Gasteiger partial charge in [-0.1, -0.05) is 24.0 Å². The van der Waals surface area contributed by atoms with Gasteiger partial charge in [-0.05, 0) is 12.1 Å². The maximum absolute atomic E-state index is 12.3. The summed E-state index contributed by atoms with van der Waals surface area (Å²) in [5.41, 5.74) is -0.959. The van der Waals surface area contributed by atoms with E-state index in [0.717, 1.165) is 9.47 Å². The van der Waals surface area contributed by atoms with Gasteiger partial charge in [-0.3, -0.25) is 28.8 Å². The highest BCUT2D eigenvalue weighted by molar-refractivity contribution is 6.21. The first-order valence-electron chi connectivity index (χ1n) is 9.14. The van der Waals surface area contributed by atoms with Crippen LogP contribution in [0, 0.1) is 11.8 Å². The first-order valence-corrected chi connectivity index (χ1v) is 9.14. The summed E-state index contributed by atoms with van der Waals surface area (Å²) < 4.78 is 6.51. The first kappa shape index (κ1) is 19.8. The van der Waals surface area contributed by atoms with Crippen LogP contribution >= 0.6 is 0 Å². The normalized spacial score (nSPS) is 22.7. The molecule has 30 heavy (non-hydrogen) atoms. The molecule has 10 heteroatoms. The number of nitrogens with one attached hydrogen (secondary N) is 1. The standard InChI is InChI=1S/C20H17N3O7/c24-10-15-14(25)8-16(30-15)23-9-11(17(26)21-20(23)29)4-3-7-22-18(27)12-5-1-2-6-13(12)19(22)28/h1-2,5-6,9,14-16,24-25H,7-8,10H2,(H,21,26,29). The van der Waals surface area contributed by atoms with Crippen LogP contribution in [0.3, 0.4) is 0 Å². The van der Waals surface area contributed by atoms with Crippen molar-refractivity contribution in [3.05, 3.63) is 68.0 Å². The maximum Gasteiger partial charge on any atom is 0.330 e. The molecular formula is C20H17N3O7. The van der Waals surface area contributed by atoms with Crippen LogP contribution in [0.25, 0.3) is 0 Å². The first-order chi connectivity index (χ1) is 14.4. The minimum absolute atomic E-state index is 0.0546. The minimum atomic E-state index is -0.956. The Kier molecular flexibility index (Phi) is 5.09. The van der Waals surface area contributed by atoms with Crippen molar-refractivity contribution in [2.75, 3.05) is 13.2 Å². The largest absolute Gasteiger partial charge is 0.394 e. The van der Waals surface area contributed by atoms with Gasteiger partial charge in [0.05, 0.1) is 30.4 Å². The summed E-state index contributed by atoms with van der Waals surface area (Å²) in [6.07, 6.45) is -1.43. The lowest BCUT2D eigenvalue weighted by atomic mass is 10.1. The molecule has 1 fully saturated rings. The van der Waals surface area contributed by atoms with Crippen LogP contribution < -0.4 is 11.2 Å². The fourth-order valence-corrected chi connectivity index (χ4v) is 3.44. The number of aliphatic hydroxyl groups excluding tert-OH is 2. The van der Waals surface area contributed by atoms with Gasteiger partial charge in [-0.2, -0.15) is 0 Å². The number of hydrogen-bond donors (Lipinski definition) is 3. The van der Waals surface area contributed by atoms with Crippen LogP contribution in [0.4, 0.5) is 0 Å². The predicted molar refractivity (Wildman–Crippen MR) is 102 cm³/mol. The molecule has 3 heterocycles. The fraction of sp³-hybridized carbons (Fsp3) is 0.300. The van der Waals surface area contributed by atoms with Crippen molar-refractivity contribution < 1.29 is 24.5 Å². The SMILES string of the molecule is O=C1c2ccccc2C(=O)N1CC#Cc1cn(C2CC(O)C(CO)O2)c(=O)[nH]c1=O. The van der Waals surface area contributed by atoms with E-state index in [0.29, 0.717) is 11.1 Å². The zero-order valence-corrected chi connectivity index (χ0v) is 15.6. The molecule has 3 unspecified atom stereocenters. The number of carbonyl (C=O) groups is 2. The Labute approximate surface area is 169 Å². The highest BCUT2D eigenvalue weighted by atomic mass is 16.5. The number of carbonyl (C=O) groups excluding carboxylic acids is 2. The van der Waals surface area contributed by atoms with Crippen LogP contribution in [-0.2, 0) is 4.74 Å². The molecule has 1 aromatic carbocycles. The quantitative estimate of drug-likeness (QED) is 0.427. The fourth-order valence-electron chi connectivity index (χ4n) is 3.44. The lowest BCUT2D eigenvalue weighted by molar-refractivity contribution is -0.0459. The zero-order chi connectivity index (χ0) is 21.4. The Balaban J connectivity index is 1.56. The van der Waals surface area contributed by atoms with Gasteiger partial charge in [0.1, 0.15) is 17.9 Å². The lowest BCUT2D eigenvalue weighted by Gasteiger charge is -2.14. The second-order valence-electron chi connectivity index (χ2n) is 6.87. The summed E-state index contributed by atoms with van der Waals surface area (Å²) in [6.45, 7) is -0.640. The Morgan fingerprint density at radius 3 is 2.40 bits per heavy atom. The van der Waals surface area contributed by atoms with Gasteiger partial charge < -0.3 is 14.9 Å². The molecule has 2 aliphatic rings. The van der Waals surface area contributed by atoms with Crippen molar-refractivity contribution in [1.82, 2.24) is 14.5 Å². The Morgan fingerprint density at radius 1 is 1.13 bits per heavy atom. The summed E-state index contributed by atoms with van der Waals surface area (Å²) in [6, 6.07) is 6.43. The number of H-pyrrole nitrogens is 1. The van der Waals surface area contributed by atoms with Crippen molar-refractivity contribution in [3.8, 4) is 11.8 Å². The van der Waals surface area contributed by atoms with E-state index in [4.69, 9.17) is 4.74 Å². The van der Waals surface area contributed by atoms with Gasteiger partial charge in [-0.15, -0.1) is 0 Å². The van der Waals surface area contributed by atoms with Gasteiger partial charge in [0, 0.05) is 12.6 Å². The van der Waals surface area contributed by atoms with Gasteiger partial charge in [0.2, 0.25) is 0 Å². The van der Waals surface area contributed by atoms with Crippen molar-refractivity contribution in [2.24, 2.45) is 0 Å². The number of amides is 2. The molecule has 3 N–H and O–H groups in total. The number of ether oxygens (including phenoxy) is 1. The Morgan fingerprint density at radius 2 is 1.80 bits per heavy atom. The van der Waals surface area contributed by atoms with E-state index >= 15 is 0 Å². The van der Waals surface area contributed by atoms with E-state index < -0.39 is 48.1 Å². The van der Waals surface area contributed by atoms with E-state index in [9.17, 15) is 29.4 Å². The number of aromatic nitrogens is 2. The predicted octanol–water partition coefficient (Wildman–Crippen LogP) is -1.17. The van der Waals surface area contributed by atoms with Crippen LogP contribution in [0.15, 0.2) is 40.1 Å². The third-order valence-corrected chi connectivity index (χ3v) is 5.00. The van der Waals surface area contributed by atoms with Gasteiger partial charge in [0.25, 0.3) is 17.4 Å². The van der Waals surface area contributed by atoms with E-state index in [1.54, 1.807) is 24.3 Å². The van der Waals surface area contributed by atoms with E-state index in [1.165, 1.54) is 6.20 Å². The molecule has 1 saturated heterocycles. The second-order valence-corrected chi connectivity index (χ2v) is 6.87. The molecule has 1 aromatic heterocycles. The topological polar surface area (TPSA) is 142 Å². The molecule has 2 amide bonds. The molecule has 4 rings (SSSR count). The average Bonchev–Trinajstić information content (AvgIpc) is 3.22. The smallest absolute Gasteiger partial charge is 0.330 e. The monoisotopic (exact) mass is 411 g/mol. The number of rotatable bonds is 3. The van der Waals surface area contributed by atoms with Crippen LogP contribution in [0.2, 0.25) is 0 Å². The third-order valence-electron chi connectivity index (χ3n) is 5.00. The van der Waals surface area contributed by atoms with Crippen molar-refractivity contribution in [2.45, 2.75) is 24.9 Å². The van der Waals surface area contributed by atoms with E-state index in [2.05, 4.69) is 16.8 Å². The van der Waals surface area contributed by atoms with Crippen LogP contribution in [0.1, 0.15) is 38.9 Å². The van der Waals surface area contributed by atoms with Crippen LogP contribution in [-0.4, -0.2) is 61.8 Å². The van der Waals surface area contributed by atoms with Crippen molar-refractivity contribution in [3.63, 3.8) is 0 Å². The van der Waals surface area contributed by atoms with Crippen molar-refractivity contribution in [1.29, 1.82) is 0 Å². The number of fused-ring (bicyclic) bond motifs is 1. The molecule has 0 bridgehead atoms. The summed E-state index contributed by atoms with van der Waals surface area (Å²) >= 11 is 0. The number of aromatic amines is 1. The highest BCUT2D eigenvalue weighted by Crippen LogP contribution is 2.27. The molecule has 0 aliphatic carbocycles. The molecule has 2 aliphatic heterocycles. The van der Waals surface area contributed by atoms with E-state index in [1.807, 2.05) is 0 Å². The minimum Gasteiger partial charge on any atom is -0.394 e. The molecule has 0 radical (unpaired) electrons. The number of aliphatic hydroxyl groups is 2. The molecule has 0 spiro atoms. The molecule has 3 atom stereocenters. The second kappa shape index (κ2) is 7.72. The number of nitrogens with zero attached hydrogens (tertiary/aromatic N) is 2. The summed E-state index contributed by atoms with van der Waals surface area (Å²) in [5, 5.41) is 19.0. The van der Waals surface area contributed by atoms with Gasteiger partial charge in [0.15, 0.2) is 0 Å². The molecule has 0 saturated carbocycles. The third kappa shape index (κ3) is 3.35. The average molecular weight is 411 g/mol. The number of hydrogen-bond acceptors (Lipinski definition) is 7. The van der Waals surface area contributed by atoms with Crippen molar-refractivity contribution >= 4 is 11.8 Å². The molecule has 10 nitrogen and oxygen atoms in total. The highest BCUT2D eigenvalue weighted by Gasteiger charge is 2.35. The summed E-state index contributed by atoms with van der Waals surface area (Å²) in [4.78, 5) is 52.0.